The fraction of sp³-hybridized carbons (Fsp3) is 0.188. The number of benzene rings is 2. The van der Waals surface area contributed by atoms with E-state index in [0.29, 0.717) is 29.8 Å². The number of anilines is 4. The Kier molecular flexibility index (Phi) is 3.25. The molecule has 0 spiro atoms. The van der Waals surface area contributed by atoms with Crippen molar-refractivity contribution in [2.75, 3.05) is 16.4 Å². The summed E-state index contributed by atoms with van der Waals surface area (Å²) in [5.41, 5.74) is 10.5. The fourth-order valence-corrected chi connectivity index (χ4v) is 2.43. The highest BCUT2D eigenvalue weighted by Gasteiger charge is 2.16. The van der Waals surface area contributed by atoms with Crippen LogP contribution in [0.4, 0.5) is 27.1 Å². The second-order valence-electron chi connectivity index (χ2n) is 5.23. The largest absolute Gasteiger partial charge is 0.397 e. The zero-order valence-electron chi connectivity index (χ0n) is 11.7. The first-order valence-electron chi connectivity index (χ1n) is 6.78. The van der Waals surface area contributed by atoms with Crippen LogP contribution in [0.2, 0.25) is 0 Å². The summed E-state index contributed by atoms with van der Waals surface area (Å²) < 4.78 is 13.3. The van der Waals surface area contributed by atoms with Crippen molar-refractivity contribution in [1.82, 2.24) is 0 Å². The summed E-state index contributed by atoms with van der Waals surface area (Å²) in [6.07, 6.45) is 1.18. The van der Waals surface area contributed by atoms with E-state index in [1.165, 1.54) is 6.07 Å². The van der Waals surface area contributed by atoms with Gasteiger partial charge in [0.05, 0.1) is 11.4 Å². The summed E-state index contributed by atoms with van der Waals surface area (Å²) in [4.78, 5) is 11.5. The van der Waals surface area contributed by atoms with Gasteiger partial charge in [0.2, 0.25) is 5.91 Å². The monoisotopic (exact) mass is 285 g/mol. The van der Waals surface area contributed by atoms with Crippen molar-refractivity contribution in [3.63, 3.8) is 0 Å². The highest BCUT2D eigenvalue weighted by molar-refractivity contribution is 5.96. The molecule has 0 fully saturated rings. The maximum atomic E-state index is 13.3. The Morgan fingerprint density at radius 1 is 1.24 bits per heavy atom. The van der Waals surface area contributed by atoms with E-state index in [-0.39, 0.29) is 11.7 Å². The zero-order chi connectivity index (χ0) is 15.0. The molecular weight excluding hydrogens is 269 g/mol. The van der Waals surface area contributed by atoms with Crippen molar-refractivity contribution >= 4 is 28.7 Å². The topological polar surface area (TPSA) is 67.1 Å². The molecule has 21 heavy (non-hydrogen) atoms. The van der Waals surface area contributed by atoms with Gasteiger partial charge in [-0.05, 0) is 54.8 Å². The number of carbonyl (C=O) groups is 1. The van der Waals surface area contributed by atoms with Crippen molar-refractivity contribution in [1.29, 1.82) is 0 Å². The van der Waals surface area contributed by atoms with E-state index in [0.717, 1.165) is 16.9 Å². The molecule has 108 valence electrons. The van der Waals surface area contributed by atoms with E-state index in [4.69, 9.17) is 5.73 Å². The van der Waals surface area contributed by atoms with E-state index < -0.39 is 0 Å². The molecule has 0 saturated carbocycles. The minimum Gasteiger partial charge on any atom is -0.397 e. The second-order valence-corrected chi connectivity index (χ2v) is 5.23. The summed E-state index contributed by atoms with van der Waals surface area (Å²) in [6.45, 7) is 1.71. The fourth-order valence-electron chi connectivity index (χ4n) is 2.43. The Labute approximate surface area is 122 Å². The molecule has 1 heterocycles. The summed E-state index contributed by atoms with van der Waals surface area (Å²) >= 11 is 0. The molecule has 0 radical (unpaired) electrons. The van der Waals surface area contributed by atoms with Crippen LogP contribution < -0.4 is 16.4 Å². The van der Waals surface area contributed by atoms with Crippen LogP contribution in [0, 0.1) is 12.7 Å². The number of nitrogen functional groups attached to an aromatic ring is 1. The number of rotatable bonds is 2. The molecular formula is C16H16FN3O. The first kappa shape index (κ1) is 13.4. The molecule has 0 aromatic heterocycles. The number of fused-ring (bicyclic) bond motifs is 1. The van der Waals surface area contributed by atoms with Crippen LogP contribution in [0.15, 0.2) is 30.3 Å². The van der Waals surface area contributed by atoms with Gasteiger partial charge in [-0.15, -0.1) is 0 Å². The van der Waals surface area contributed by atoms with E-state index in [1.807, 2.05) is 12.1 Å². The first-order valence-corrected chi connectivity index (χ1v) is 6.78. The molecule has 4 N–H and O–H groups in total. The molecule has 2 aromatic rings. The summed E-state index contributed by atoms with van der Waals surface area (Å²) in [7, 11) is 0. The molecule has 3 rings (SSSR count). The number of aryl methyl sites for hydroxylation is 2. The van der Waals surface area contributed by atoms with Gasteiger partial charge in [0.1, 0.15) is 5.82 Å². The van der Waals surface area contributed by atoms with Gasteiger partial charge in [0.25, 0.3) is 0 Å². The number of nitrogens with two attached hydrogens (primary N) is 1. The number of halogens is 1. The maximum absolute atomic E-state index is 13.3. The third kappa shape index (κ3) is 2.67. The molecule has 0 bridgehead atoms. The van der Waals surface area contributed by atoms with Gasteiger partial charge in [0, 0.05) is 17.8 Å². The predicted molar refractivity (Wildman–Crippen MR) is 82.2 cm³/mol. The van der Waals surface area contributed by atoms with E-state index in [2.05, 4.69) is 10.6 Å². The number of nitrogens with one attached hydrogen (secondary N) is 2. The molecule has 2 aromatic carbocycles. The highest BCUT2D eigenvalue weighted by Crippen LogP contribution is 2.33. The number of hydrogen-bond donors (Lipinski definition) is 3. The van der Waals surface area contributed by atoms with Crippen molar-refractivity contribution in [3.8, 4) is 0 Å². The van der Waals surface area contributed by atoms with Crippen LogP contribution in [0.1, 0.15) is 17.5 Å². The quantitative estimate of drug-likeness (QED) is 0.741. The molecule has 0 unspecified atom stereocenters. The lowest BCUT2D eigenvalue weighted by molar-refractivity contribution is -0.116. The zero-order valence-corrected chi connectivity index (χ0v) is 11.7. The van der Waals surface area contributed by atoms with Crippen LogP contribution >= 0.6 is 0 Å². The summed E-state index contributed by atoms with van der Waals surface area (Å²) in [6, 6.07) is 8.47. The third-order valence-corrected chi connectivity index (χ3v) is 3.61. The maximum Gasteiger partial charge on any atom is 0.224 e. The molecule has 5 heteroatoms. The molecule has 0 saturated heterocycles. The van der Waals surface area contributed by atoms with Gasteiger partial charge in [-0.1, -0.05) is 0 Å². The van der Waals surface area contributed by atoms with Gasteiger partial charge in [-0.2, -0.15) is 0 Å². The lowest BCUT2D eigenvalue weighted by Gasteiger charge is -2.20. The van der Waals surface area contributed by atoms with Gasteiger partial charge in [-0.3, -0.25) is 4.79 Å². The predicted octanol–water partition coefficient (Wildman–Crippen LogP) is 3.34. The smallest absolute Gasteiger partial charge is 0.224 e. The molecule has 1 aliphatic heterocycles. The average Bonchev–Trinajstić information content (AvgIpc) is 2.44. The third-order valence-electron chi connectivity index (χ3n) is 3.61. The standard InChI is InChI=1S/C16H16FN3O/c1-9-6-11(3-4-12(9)17)19-15-8-14-10(7-13(15)18)2-5-16(21)20-14/h3-4,6-8,19H,2,5,18H2,1H3,(H,20,21). The molecule has 1 amide bonds. The Hall–Kier alpha value is -2.56. The van der Waals surface area contributed by atoms with Crippen LogP contribution in [0.5, 0.6) is 0 Å². The van der Waals surface area contributed by atoms with Crippen LogP contribution in [0.25, 0.3) is 0 Å². The summed E-state index contributed by atoms with van der Waals surface area (Å²) in [5, 5.41) is 6.00. The highest BCUT2D eigenvalue weighted by atomic mass is 19.1. The normalized spacial score (nSPS) is 13.5. The van der Waals surface area contributed by atoms with Crippen LogP contribution in [-0.4, -0.2) is 5.91 Å². The SMILES string of the molecule is Cc1cc(Nc2cc3c(cc2N)CCC(=O)N3)ccc1F. The van der Waals surface area contributed by atoms with Crippen LogP contribution in [0.3, 0.4) is 0 Å². The van der Waals surface area contributed by atoms with Crippen molar-refractivity contribution in [3.05, 3.63) is 47.3 Å². The Morgan fingerprint density at radius 2 is 2.05 bits per heavy atom. The van der Waals surface area contributed by atoms with Crippen molar-refractivity contribution in [2.24, 2.45) is 0 Å². The number of amides is 1. The van der Waals surface area contributed by atoms with Gasteiger partial charge in [0.15, 0.2) is 0 Å². The van der Waals surface area contributed by atoms with Crippen molar-refractivity contribution in [2.45, 2.75) is 19.8 Å². The second kappa shape index (κ2) is 5.09. The Bertz CT molecular complexity index is 728. The van der Waals surface area contributed by atoms with E-state index >= 15 is 0 Å². The molecule has 4 nitrogen and oxygen atoms in total. The molecule has 1 aliphatic rings. The molecule has 0 atom stereocenters. The van der Waals surface area contributed by atoms with Gasteiger partial charge < -0.3 is 16.4 Å². The Balaban J connectivity index is 1.93. The first-order chi connectivity index (χ1) is 10.0. The minimum absolute atomic E-state index is 0.0100. The molecule has 0 aliphatic carbocycles. The summed E-state index contributed by atoms with van der Waals surface area (Å²) in [5.74, 6) is -0.234. The lowest BCUT2D eigenvalue weighted by atomic mass is 10.0. The van der Waals surface area contributed by atoms with E-state index in [1.54, 1.807) is 19.1 Å². The van der Waals surface area contributed by atoms with Gasteiger partial charge >= 0.3 is 0 Å². The van der Waals surface area contributed by atoms with E-state index in [9.17, 15) is 9.18 Å². The minimum atomic E-state index is -0.244. The average molecular weight is 285 g/mol. The van der Waals surface area contributed by atoms with Crippen LogP contribution in [-0.2, 0) is 11.2 Å². The Morgan fingerprint density at radius 3 is 2.81 bits per heavy atom. The van der Waals surface area contributed by atoms with Crippen molar-refractivity contribution < 1.29 is 9.18 Å². The number of carbonyl (C=O) groups excluding carboxylic acids is 1. The lowest BCUT2D eigenvalue weighted by Crippen LogP contribution is -2.19. The van der Waals surface area contributed by atoms with Gasteiger partial charge in [-0.25, -0.2) is 4.39 Å². The number of hydrogen-bond acceptors (Lipinski definition) is 3.